The van der Waals surface area contributed by atoms with Gasteiger partial charge in [-0.2, -0.15) is 35.5 Å². The summed E-state index contributed by atoms with van der Waals surface area (Å²) in [7, 11) is 0. The van der Waals surface area contributed by atoms with Crippen molar-refractivity contribution >= 4 is 11.6 Å². The van der Waals surface area contributed by atoms with Crippen molar-refractivity contribution in [1.29, 1.82) is 0 Å². The van der Waals surface area contributed by atoms with Crippen molar-refractivity contribution in [2.45, 2.75) is 12.4 Å². The average molecular weight is 420 g/mol. The summed E-state index contributed by atoms with van der Waals surface area (Å²) in [4.78, 5) is 13.0. The normalized spacial score (nSPS) is 15.1. The Morgan fingerprint density at radius 3 is 2.28 bits per heavy atom. The molecule has 0 atom stereocenters. The lowest BCUT2D eigenvalue weighted by Gasteiger charge is -2.25. The van der Waals surface area contributed by atoms with Crippen LogP contribution in [-0.2, 0) is 17.1 Å². The van der Waals surface area contributed by atoms with Gasteiger partial charge >= 0.3 is 12.4 Å². The number of anilines is 1. The molecule has 0 saturated heterocycles. The number of amides is 1. The Bertz CT molecular complexity index is 974. The monoisotopic (exact) mass is 420 g/mol. The molecule has 154 valence electrons. The maximum atomic E-state index is 14.7. The van der Waals surface area contributed by atoms with Gasteiger partial charge in [-0.3, -0.25) is 4.79 Å². The van der Waals surface area contributed by atoms with Crippen LogP contribution in [0.2, 0.25) is 0 Å². The lowest BCUT2D eigenvalue weighted by molar-refractivity contribution is -0.144. The van der Waals surface area contributed by atoms with E-state index >= 15 is 0 Å². The quantitative estimate of drug-likeness (QED) is 0.597. The molecule has 0 bridgehead atoms. The van der Waals surface area contributed by atoms with Crippen LogP contribution in [0.15, 0.2) is 60.1 Å². The van der Waals surface area contributed by atoms with Crippen molar-refractivity contribution < 1.29 is 35.5 Å². The van der Waals surface area contributed by atoms with E-state index < -0.39 is 41.2 Å². The van der Waals surface area contributed by atoms with Crippen LogP contribution in [0.5, 0.6) is 0 Å². The van der Waals surface area contributed by atoms with Gasteiger partial charge in [0.05, 0.1) is 5.57 Å². The van der Waals surface area contributed by atoms with Crippen LogP contribution < -0.4 is 10.3 Å². The number of carbonyl (C=O) groups excluding carboxylic acids is 1. The molecule has 5 nitrogen and oxygen atoms in total. The highest BCUT2D eigenvalue weighted by Crippen LogP contribution is 2.35. The summed E-state index contributed by atoms with van der Waals surface area (Å²) in [5.74, 6) is -2.48. The molecule has 0 saturated carbocycles. The number of nitrogens with one attached hydrogen (secondary N) is 1. The van der Waals surface area contributed by atoms with Crippen molar-refractivity contribution in [3.8, 4) is 0 Å². The maximum absolute atomic E-state index is 14.7. The molecule has 0 aliphatic carbocycles. The minimum Gasteiger partial charge on any atom is -0.314 e. The Hall–Kier alpha value is -3.31. The first-order chi connectivity index (χ1) is 13.5. The predicted molar refractivity (Wildman–Crippen MR) is 87.7 cm³/mol. The van der Waals surface area contributed by atoms with E-state index in [1.54, 1.807) is 35.8 Å². The molecule has 2 heterocycles. The Morgan fingerprint density at radius 1 is 1.03 bits per heavy atom. The average Bonchev–Trinajstić information content (AvgIpc) is 3.07. The molecule has 1 N–H and O–H groups in total. The van der Waals surface area contributed by atoms with Gasteiger partial charge in [0.25, 0.3) is 5.91 Å². The van der Waals surface area contributed by atoms with Crippen LogP contribution >= 0.6 is 0 Å². The standard InChI is InChI=1S/C17H11F7N4O/c18-14-11(7-4-8-27(14)10-5-2-1-3-6-10)15(29)26-28-13(17(22,23)24)9-12(25-28)16(19,20)21/h1-7,9H,8H2,(H,26,29). The second-order valence-electron chi connectivity index (χ2n) is 5.82. The Balaban J connectivity index is 1.94. The molecule has 1 aromatic heterocycles. The number of alkyl halides is 6. The minimum absolute atomic E-state index is 0.0421. The number of nitrogens with zero attached hydrogens (tertiary/aromatic N) is 3. The van der Waals surface area contributed by atoms with Gasteiger partial charge in [0.1, 0.15) is 0 Å². The molecular formula is C17H11F7N4O. The third kappa shape index (κ3) is 4.25. The highest BCUT2D eigenvalue weighted by molar-refractivity contribution is 6.02. The highest BCUT2D eigenvalue weighted by atomic mass is 19.4. The van der Waals surface area contributed by atoms with Crippen LogP contribution in [-0.4, -0.2) is 22.3 Å². The first-order valence-corrected chi connectivity index (χ1v) is 7.93. The van der Waals surface area contributed by atoms with Crippen molar-refractivity contribution in [3.63, 3.8) is 0 Å². The van der Waals surface area contributed by atoms with Crippen molar-refractivity contribution in [1.82, 2.24) is 9.89 Å². The summed E-state index contributed by atoms with van der Waals surface area (Å²) >= 11 is 0. The molecule has 0 fully saturated rings. The Morgan fingerprint density at radius 2 is 1.69 bits per heavy atom. The summed E-state index contributed by atoms with van der Waals surface area (Å²) in [5, 5.41) is 2.74. The fraction of sp³-hybridized carbons (Fsp3) is 0.176. The number of aromatic nitrogens is 2. The van der Waals surface area contributed by atoms with E-state index in [0.717, 1.165) is 11.0 Å². The van der Waals surface area contributed by atoms with Gasteiger partial charge in [0.2, 0.25) is 5.95 Å². The van der Waals surface area contributed by atoms with E-state index in [1.165, 1.54) is 6.08 Å². The number of halogens is 7. The van der Waals surface area contributed by atoms with Crippen LogP contribution in [0.25, 0.3) is 0 Å². The summed E-state index contributed by atoms with van der Waals surface area (Å²) < 4.78 is 91.9. The lowest BCUT2D eigenvalue weighted by Crippen LogP contribution is -2.33. The summed E-state index contributed by atoms with van der Waals surface area (Å²) in [6, 6.07) is 7.72. The van der Waals surface area contributed by atoms with Crippen LogP contribution in [0, 0.1) is 0 Å². The molecule has 29 heavy (non-hydrogen) atoms. The number of carbonyl (C=O) groups is 1. The minimum atomic E-state index is -5.24. The van der Waals surface area contributed by atoms with E-state index in [9.17, 15) is 35.5 Å². The van der Waals surface area contributed by atoms with Gasteiger partial charge in [0, 0.05) is 18.3 Å². The van der Waals surface area contributed by atoms with Crippen molar-refractivity contribution in [2.75, 3.05) is 16.9 Å². The molecule has 0 spiro atoms. The van der Waals surface area contributed by atoms with Crippen molar-refractivity contribution in [2.24, 2.45) is 0 Å². The first kappa shape index (κ1) is 20.4. The van der Waals surface area contributed by atoms with Gasteiger partial charge in [-0.15, -0.1) is 5.10 Å². The van der Waals surface area contributed by atoms with Gasteiger partial charge in [0.15, 0.2) is 11.4 Å². The number of rotatable bonds is 3. The molecule has 3 rings (SSSR count). The van der Waals surface area contributed by atoms with E-state index in [2.05, 4.69) is 5.10 Å². The second kappa shape index (κ2) is 7.26. The molecule has 1 aromatic carbocycles. The van der Waals surface area contributed by atoms with Crippen LogP contribution in [0.3, 0.4) is 0 Å². The number of benzene rings is 1. The maximum Gasteiger partial charge on any atom is 0.435 e. The molecule has 12 heteroatoms. The van der Waals surface area contributed by atoms with Crippen LogP contribution in [0.1, 0.15) is 11.4 Å². The zero-order chi connectivity index (χ0) is 21.4. The molecule has 1 aliphatic rings. The number of para-hydroxylation sites is 1. The molecule has 1 amide bonds. The van der Waals surface area contributed by atoms with E-state index in [1.807, 2.05) is 0 Å². The fourth-order valence-electron chi connectivity index (χ4n) is 2.53. The molecular weight excluding hydrogens is 409 g/mol. The molecule has 2 aromatic rings. The van der Waals surface area contributed by atoms with E-state index in [0.29, 0.717) is 5.69 Å². The summed E-state index contributed by atoms with van der Waals surface area (Å²) in [6.45, 7) is 0.0421. The highest BCUT2D eigenvalue weighted by Gasteiger charge is 2.42. The third-order valence-electron chi connectivity index (χ3n) is 3.84. The Kier molecular flexibility index (Phi) is 5.11. The van der Waals surface area contributed by atoms with Crippen LogP contribution in [0.4, 0.5) is 36.4 Å². The number of hydrogen-bond acceptors (Lipinski definition) is 3. The topological polar surface area (TPSA) is 50.2 Å². The zero-order valence-electron chi connectivity index (χ0n) is 14.2. The van der Waals surface area contributed by atoms with Gasteiger partial charge in [-0.25, -0.2) is 5.43 Å². The second-order valence-corrected chi connectivity index (χ2v) is 5.82. The zero-order valence-corrected chi connectivity index (χ0v) is 14.2. The predicted octanol–water partition coefficient (Wildman–Crippen LogP) is 4.25. The Labute approximate surface area is 158 Å². The van der Waals surface area contributed by atoms with E-state index in [4.69, 9.17) is 0 Å². The van der Waals surface area contributed by atoms with Crippen molar-refractivity contribution in [3.05, 3.63) is 71.5 Å². The summed E-state index contributed by atoms with van der Waals surface area (Å²) in [6.07, 6.45) is -8.02. The lowest BCUT2D eigenvalue weighted by atomic mass is 10.1. The molecule has 1 aliphatic heterocycles. The van der Waals surface area contributed by atoms with E-state index in [-0.39, 0.29) is 17.4 Å². The smallest absolute Gasteiger partial charge is 0.314 e. The first-order valence-electron chi connectivity index (χ1n) is 7.93. The van der Waals surface area contributed by atoms with Gasteiger partial charge in [-0.1, -0.05) is 24.3 Å². The summed E-state index contributed by atoms with van der Waals surface area (Å²) in [5.41, 5.74) is -2.47. The number of hydrogen-bond donors (Lipinski definition) is 1. The van der Waals surface area contributed by atoms with Gasteiger partial charge in [-0.05, 0) is 18.2 Å². The van der Waals surface area contributed by atoms with Gasteiger partial charge < -0.3 is 4.90 Å². The molecule has 0 radical (unpaired) electrons. The molecule has 0 unspecified atom stereocenters. The largest absolute Gasteiger partial charge is 0.435 e. The fourth-order valence-corrected chi connectivity index (χ4v) is 2.53. The third-order valence-corrected chi connectivity index (χ3v) is 3.84. The SMILES string of the molecule is O=C(Nn1nc(C(F)(F)F)cc1C(F)(F)F)C1=C(F)N(c2ccccc2)CC=C1.